The lowest BCUT2D eigenvalue weighted by atomic mass is 10.4. The van der Waals surface area contributed by atoms with Crippen LogP contribution >= 0.6 is 11.3 Å². The number of carbonyl (C=O) groups excluding carboxylic acids is 1. The summed E-state index contributed by atoms with van der Waals surface area (Å²) >= 11 is 1.27. The highest BCUT2D eigenvalue weighted by atomic mass is 32.1. The maximum absolute atomic E-state index is 11.5. The van der Waals surface area contributed by atoms with Crippen LogP contribution in [0.5, 0.6) is 0 Å². The Morgan fingerprint density at radius 1 is 1.40 bits per heavy atom. The van der Waals surface area contributed by atoms with Gasteiger partial charge in [0.2, 0.25) is 0 Å². The summed E-state index contributed by atoms with van der Waals surface area (Å²) in [4.78, 5) is 24.6. The summed E-state index contributed by atoms with van der Waals surface area (Å²) in [7, 11) is 3.35. The van der Waals surface area contributed by atoms with Crippen LogP contribution < -0.4 is 0 Å². The van der Waals surface area contributed by atoms with Crippen molar-refractivity contribution < 1.29 is 14.7 Å². The maximum atomic E-state index is 11.5. The highest BCUT2D eigenvalue weighted by molar-refractivity contribution is 7.14. The lowest BCUT2D eigenvalue weighted by Crippen LogP contribution is -2.20. The van der Waals surface area contributed by atoms with E-state index in [1.54, 1.807) is 26.2 Å². The lowest BCUT2D eigenvalue weighted by Gasteiger charge is -2.06. The Morgan fingerprint density at radius 3 is 2.60 bits per heavy atom. The van der Waals surface area contributed by atoms with E-state index in [1.165, 1.54) is 22.3 Å². The normalized spacial score (nSPS) is 10.5. The highest BCUT2D eigenvalue weighted by Gasteiger charge is 2.09. The molecule has 0 aromatic carbocycles. The zero-order chi connectivity index (χ0) is 11.4. The van der Waals surface area contributed by atoms with E-state index >= 15 is 0 Å². The molecule has 0 aliphatic heterocycles. The number of carboxylic acids is 1. The van der Waals surface area contributed by atoms with Crippen LogP contribution in [0.2, 0.25) is 0 Å². The van der Waals surface area contributed by atoms with Gasteiger partial charge in [0.15, 0.2) is 0 Å². The average Bonchev–Trinajstić information content (AvgIpc) is 2.61. The molecule has 15 heavy (non-hydrogen) atoms. The van der Waals surface area contributed by atoms with E-state index in [-0.39, 0.29) is 5.91 Å². The molecule has 0 fully saturated rings. The van der Waals surface area contributed by atoms with Gasteiger partial charge in [0.25, 0.3) is 5.91 Å². The van der Waals surface area contributed by atoms with Crippen molar-refractivity contribution in [2.45, 2.75) is 0 Å². The number of hydrogen-bond acceptors (Lipinski definition) is 3. The molecule has 0 saturated heterocycles. The quantitative estimate of drug-likeness (QED) is 0.794. The van der Waals surface area contributed by atoms with Gasteiger partial charge in [-0.3, -0.25) is 4.79 Å². The number of hydrogen-bond donors (Lipinski definition) is 1. The molecule has 1 amide bonds. The van der Waals surface area contributed by atoms with E-state index in [1.807, 2.05) is 0 Å². The Hall–Kier alpha value is -1.62. The first-order chi connectivity index (χ1) is 7.00. The van der Waals surface area contributed by atoms with Crippen LogP contribution in [0.3, 0.4) is 0 Å². The van der Waals surface area contributed by atoms with Gasteiger partial charge in [0, 0.05) is 25.0 Å². The second-order valence-corrected chi connectivity index (χ2v) is 4.19. The van der Waals surface area contributed by atoms with E-state index in [0.717, 1.165) is 11.0 Å². The SMILES string of the molecule is CN(C)C(=O)c1ccc(C=CC(=O)O)s1. The predicted octanol–water partition coefficient (Wildman–Crippen LogP) is 1.55. The second kappa shape index (κ2) is 4.75. The average molecular weight is 225 g/mol. The summed E-state index contributed by atoms with van der Waals surface area (Å²) in [5, 5.41) is 8.42. The molecule has 1 heterocycles. The van der Waals surface area contributed by atoms with Crippen LogP contribution in [-0.2, 0) is 4.79 Å². The summed E-state index contributed by atoms with van der Waals surface area (Å²) in [5.74, 6) is -1.07. The minimum Gasteiger partial charge on any atom is -0.478 e. The summed E-state index contributed by atoms with van der Waals surface area (Å²) in [6, 6.07) is 3.41. The molecule has 1 rings (SSSR count). The smallest absolute Gasteiger partial charge is 0.328 e. The zero-order valence-corrected chi connectivity index (χ0v) is 9.25. The standard InChI is InChI=1S/C10H11NO3S/c1-11(2)10(14)8-5-3-7(15-8)4-6-9(12)13/h3-6H,1-2H3,(H,12,13). The van der Waals surface area contributed by atoms with Gasteiger partial charge in [-0.2, -0.15) is 0 Å². The number of amides is 1. The zero-order valence-electron chi connectivity index (χ0n) is 8.43. The Labute approximate surface area is 91.4 Å². The Balaban J connectivity index is 2.81. The molecule has 1 aromatic rings. The Morgan fingerprint density at radius 2 is 2.07 bits per heavy atom. The number of aliphatic carboxylic acids is 1. The van der Waals surface area contributed by atoms with Crippen LogP contribution in [0.1, 0.15) is 14.5 Å². The van der Waals surface area contributed by atoms with Gasteiger partial charge in [0.1, 0.15) is 0 Å². The molecular weight excluding hydrogens is 214 g/mol. The van der Waals surface area contributed by atoms with Crippen molar-refractivity contribution in [1.82, 2.24) is 4.90 Å². The van der Waals surface area contributed by atoms with Gasteiger partial charge < -0.3 is 10.0 Å². The Kier molecular flexibility index (Phi) is 3.62. The third-order valence-corrected chi connectivity index (χ3v) is 2.67. The molecule has 4 nitrogen and oxygen atoms in total. The third kappa shape index (κ3) is 3.21. The van der Waals surface area contributed by atoms with Gasteiger partial charge >= 0.3 is 5.97 Å². The fraction of sp³-hybridized carbons (Fsp3) is 0.200. The minimum absolute atomic E-state index is 0.0741. The molecule has 0 saturated carbocycles. The molecule has 1 aromatic heterocycles. The summed E-state index contributed by atoms with van der Waals surface area (Å²) in [6.45, 7) is 0. The monoisotopic (exact) mass is 225 g/mol. The predicted molar refractivity (Wildman–Crippen MR) is 59.0 cm³/mol. The van der Waals surface area contributed by atoms with Gasteiger partial charge in [-0.15, -0.1) is 11.3 Å². The van der Waals surface area contributed by atoms with Crippen LogP contribution in [0, 0.1) is 0 Å². The molecular formula is C10H11NO3S. The summed E-state index contributed by atoms with van der Waals surface area (Å²) in [5.41, 5.74) is 0. The van der Waals surface area contributed by atoms with E-state index in [2.05, 4.69) is 0 Å². The van der Waals surface area contributed by atoms with Crippen LogP contribution in [-0.4, -0.2) is 36.0 Å². The number of rotatable bonds is 3. The van der Waals surface area contributed by atoms with Gasteiger partial charge in [-0.25, -0.2) is 4.79 Å². The molecule has 0 atom stereocenters. The maximum Gasteiger partial charge on any atom is 0.328 e. The van der Waals surface area contributed by atoms with Crippen LogP contribution in [0.25, 0.3) is 6.08 Å². The number of carbonyl (C=O) groups is 2. The molecule has 0 radical (unpaired) electrons. The van der Waals surface area contributed by atoms with E-state index in [4.69, 9.17) is 5.11 Å². The van der Waals surface area contributed by atoms with Crippen molar-refractivity contribution in [3.63, 3.8) is 0 Å². The number of nitrogens with zero attached hydrogens (tertiary/aromatic N) is 1. The summed E-state index contributed by atoms with van der Waals surface area (Å²) < 4.78 is 0. The molecule has 0 spiro atoms. The molecule has 1 N–H and O–H groups in total. The Bertz CT molecular complexity index is 407. The fourth-order valence-electron chi connectivity index (χ4n) is 0.931. The first kappa shape index (κ1) is 11.5. The third-order valence-electron chi connectivity index (χ3n) is 1.63. The first-order valence-electron chi connectivity index (χ1n) is 4.23. The minimum atomic E-state index is -0.996. The van der Waals surface area contributed by atoms with Crippen molar-refractivity contribution in [2.75, 3.05) is 14.1 Å². The lowest BCUT2D eigenvalue weighted by molar-refractivity contribution is -0.131. The van der Waals surface area contributed by atoms with Crippen molar-refractivity contribution in [3.05, 3.63) is 28.0 Å². The van der Waals surface area contributed by atoms with E-state index in [9.17, 15) is 9.59 Å². The topological polar surface area (TPSA) is 57.6 Å². The van der Waals surface area contributed by atoms with Crippen LogP contribution in [0.4, 0.5) is 0 Å². The van der Waals surface area contributed by atoms with Crippen molar-refractivity contribution in [2.24, 2.45) is 0 Å². The van der Waals surface area contributed by atoms with Crippen molar-refractivity contribution in [1.29, 1.82) is 0 Å². The van der Waals surface area contributed by atoms with E-state index < -0.39 is 5.97 Å². The van der Waals surface area contributed by atoms with Gasteiger partial charge in [-0.1, -0.05) is 0 Å². The number of thiophene rings is 1. The number of carboxylic acid groups (broad SMARTS) is 1. The van der Waals surface area contributed by atoms with Crippen LogP contribution in [0.15, 0.2) is 18.2 Å². The molecule has 0 aliphatic carbocycles. The molecule has 0 aliphatic rings. The second-order valence-electron chi connectivity index (χ2n) is 3.07. The highest BCUT2D eigenvalue weighted by Crippen LogP contribution is 2.18. The largest absolute Gasteiger partial charge is 0.478 e. The molecule has 5 heteroatoms. The first-order valence-corrected chi connectivity index (χ1v) is 5.05. The van der Waals surface area contributed by atoms with E-state index in [0.29, 0.717) is 4.88 Å². The molecule has 0 unspecified atom stereocenters. The summed E-state index contributed by atoms with van der Waals surface area (Å²) in [6.07, 6.45) is 2.52. The van der Waals surface area contributed by atoms with Gasteiger partial charge in [-0.05, 0) is 18.2 Å². The fourth-order valence-corrected chi connectivity index (χ4v) is 1.86. The molecule has 0 bridgehead atoms. The molecule has 80 valence electrons. The van der Waals surface area contributed by atoms with Crippen molar-refractivity contribution in [3.8, 4) is 0 Å². The van der Waals surface area contributed by atoms with Crippen molar-refractivity contribution >= 4 is 29.3 Å². The van der Waals surface area contributed by atoms with Gasteiger partial charge in [0.05, 0.1) is 4.88 Å².